The highest BCUT2D eigenvalue weighted by Crippen LogP contribution is 2.24. The van der Waals surface area contributed by atoms with Crippen molar-refractivity contribution < 1.29 is 4.79 Å². The lowest BCUT2D eigenvalue weighted by molar-refractivity contribution is 0.112. The van der Waals surface area contributed by atoms with Crippen LogP contribution >= 0.6 is 23.1 Å². The van der Waals surface area contributed by atoms with Crippen molar-refractivity contribution in [1.29, 1.82) is 0 Å². The van der Waals surface area contributed by atoms with Crippen molar-refractivity contribution in [3.63, 3.8) is 0 Å². The fraction of sp³-hybridized carbons (Fsp3) is 0.300. The van der Waals surface area contributed by atoms with Gasteiger partial charge in [-0.3, -0.25) is 4.79 Å². The van der Waals surface area contributed by atoms with Gasteiger partial charge in [-0.15, -0.1) is 11.3 Å². The summed E-state index contributed by atoms with van der Waals surface area (Å²) in [6.45, 7) is 2.06. The van der Waals surface area contributed by atoms with Gasteiger partial charge in [-0.05, 0) is 11.8 Å². The molecule has 0 unspecified atom stereocenters. The van der Waals surface area contributed by atoms with Crippen molar-refractivity contribution in [3.05, 3.63) is 17.1 Å². The summed E-state index contributed by atoms with van der Waals surface area (Å²) in [5.74, 6) is 0.956. The molecule has 0 aromatic carbocycles. The number of thiophene rings is 1. The molecule has 3 nitrogen and oxygen atoms in total. The Morgan fingerprint density at radius 3 is 3.07 bits per heavy atom. The van der Waals surface area contributed by atoms with Gasteiger partial charge in [0.15, 0.2) is 11.4 Å². The molecular weight excluding hydrogens is 228 g/mol. The van der Waals surface area contributed by atoms with Gasteiger partial charge in [0, 0.05) is 11.6 Å². The van der Waals surface area contributed by atoms with Gasteiger partial charge in [-0.1, -0.05) is 26.1 Å². The van der Waals surface area contributed by atoms with Crippen molar-refractivity contribution in [2.45, 2.75) is 19.5 Å². The molecule has 2 aromatic rings. The minimum absolute atomic E-state index is 0. The first-order valence-electron chi connectivity index (χ1n) is 4.18. The van der Waals surface area contributed by atoms with Crippen LogP contribution in [0.1, 0.15) is 24.0 Å². The third-order valence-electron chi connectivity index (χ3n) is 1.66. The third kappa shape index (κ3) is 2.54. The lowest BCUT2D eigenvalue weighted by atomic mass is 10.4. The van der Waals surface area contributed by atoms with E-state index in [-0.39, 0.29) is 7.43 Å². The Bertz CT molecular complexity index is 467. The van der Waals surface area contributed by atoms with Gasteiger partial charge in [0.25, 0.3) is 0 Å². The van der Waals surface area contributed by atoms with Gasteiger partial charge >= 0.3 is 0 Å². The summed E-state index contributed by atoms with van der Waals surface area (Å²) in [6, 6.07) is 1.81. The van der Waals surface area contributed by atoms with E-state index in [1.165, 1.54) is 11.3 Å². The molecule has 0 aliphatic rings. The highest BCUT2D eigenvalue weighted by molar-refractivity contribution is 7.99. The Labute approximate surface area is 96.9 Å². The maximum atomic E-state index is 10.5. The van der Waals surface area contributed by atoms with Crippen LogP contribution < -0.4 is 0 Å². The molecule has 0 saturated heterocycles. The molecule has 0 saturated carbocycles. The number of nitrogens with zero attached hydrogens (tertiary/aromatic N) is 2. The lowest BCUT2D eigenvalue weighted by Crippen LogP contribution is -1.84. The molecule has 0 fully saturated rings. The molecule has 0 N–H and O–H groups in total. The number of hydrogen-bond acceptors (Lipinski definition) is 5. The largest absolute Gasteiger partial charge is 0.297 e. The van der Waals surface area contributed by atoms with E-state index in [9.17, 15) is 4.79 Å². The quantitative estimate of drug-likeness (QED) is 0.469. The monoisotopic (exact) mass is 240 g/mol. The number of thioether (sulfide) groups is 1. The molecule has 2 heterocycles. The van der Waals surface area contributed by atoms with Gasteiger partial charge in [0.2, 0.25) is 0 Å². The van der Waals surface area contributed by atoms with Gasteiger partial charge in [0.1, 0.15) is 4.83 Å². The Hall–Kier alpha value is -0.940. The molecule has 0 radical (unpaired) electrons. The highest BCUT2D eigenvalue weighted by Gasteiger charge is 2.04. The molecule has 80 valence electrons. The van der Waals surface area contributed by atoms with Crippen molar-refractivity contribution in [2.24, 2.45) is 0 Å². The smallest absolute Gasteiger partial charge is 0.188 e. The molecule has 2 rings (SSSR count). The first kappa shape index (κ1) is 12.1. The minimum Gasteiger partial charge on any atom is -0.297 e. The summed E-state index contributed by atoms with van der Waals surface area (Å²) in [5, 5.41) is 1.72. The first-order chi connectivity index (χ1) is 6.83. The van der Waals surface area contributed by atoms with Crippen LogP contribution in [0.2, 0.25) is 0 Å². The maximum absolute atomic E-state index is 10.5. The molecule has 15 heavy (non-hydrogen) atoms. The average molecular weight is 240 g/mol. The number of hydrogen-bond donors (Lipinski definition) is 0. The van der Waals surface area contributed by atoms with Crippen molar-refractivity contribution in [3.8, 4) is 0 Å². The van der Waals surface area contributed by atoms with Crippen LogP contribution in [0.3, 0.4) is 0 Å². The van der Waals surface area contributed by atoms with E-state index in [2.05, 4.69) is 16.9 Å². The predicted octanol–water partition coefficient (Wildman–Crippen LogP) is 3.25. The summed E-state index contributed by atoms with van der Waals surface area (Å²) < 4.78 is 0. The Kier molecular flexibility index (Phi) is 4.23. The number of aldehydes is 1. The summed E-state index contributed by atoms with van der Waals surface area (Å²) >= 11 is 3.01. The zero-order chi connectivity index (χ0) is 9.97. The number of aromatic nitrogens is 2. The van der Waals surface area contributed by atoms with E-state index in [0.717, 1.165) is 27.4 Å². The zero-order valence-electron chi connectivity index (χ0n) is 7.56. The van der Waals surface area contributed by atoms with Gasteiger partial charge in [-0.25, -0.2) is 9.97 Å². The number of carbonyl (C=O) groups excluding carboxylic acids is 1. The lowest BCUT2D eigenvalue weighted by Gasteiger charge is -1.94. The van der Waals surface area contributed by atoms with Crippen LogP contribution in [-0.4, -0.2) is 22.0 Å². The van der Waals surface area contributed by atoms with Crippen LogP contribution in [-0.2, 0) is 0 Å². The summed E-state index contributed by atoms with van der Waals surface area (Å²) in [7, 11) is 0. The van der Waals surface area contributed by atoms with E-state index in [0.29, 0.717) is 4.88 Å². The van der Waals surface area contributed by atoms with E-state index in [4.69, 9.17) is 0 Å². The maximum Gasteiger partial charge on any atom is 0.188 e. The molecule has 0 aliphatic heterocycles. The topological polar surface area (TPSA) is 42.9 Å². The molecule has 2 aromatic heterocycles. The van der Waals surface area contributed by atoms with Crippen molar-refractivity contribution in [1.82, 2.24) is 9.97 Å². The summed E-state index contributed by atoms with van der Waals surface area (Å²) in [6.07, 6.45) is 2.61. The molecule has 5 heteroatoms. The second kappa shape index (κ2) is 5.23. The Balaban J connectivity index is 0.00000112. The second-order valence-corrected chi connectivity index (χ2v) is 4.91. The molecular formula is C10H12N2OS2. The summed E-state index contributed by atoms with van der Waals surface area (Å²) in [5.41, 5.74) is 0. The predicted molar refractivity (Wildman–Crippen MR) is 65.9 cm³/mol. The normalized spacial score (nSPS) is 9.93. The van der Waals surface area contributed by atoms with Crippen LogP contribution in [0.25, 0.3) is 10.2 Å². The number of rotatable bonds is 3. The van der Waals surface area contributed by atoms with E-state index < -0.39 is 0 Å². The van der Waals surface area contributed by atoms with Crippen molar-refractivity contribution in [2.75, 3.05) is 5.75 Å². The van der Waals surface area contributed by atoms with E-state index in [1.807, 2.05) is 6.07 Å². The standard InChI is InChI=1S/C9H8N2OS2.CH4/c1-2-13-9-10-4-6-3-7(5-12)14-8(6)11-9;/h3-5H,2H2,1H3;1H4. The zero-order valence-corrected chi connectivity index (χ0v) is 9.19. The second-order valence-electron chi connectivity index (χ2n) is 2.61. The number of carbonyl (C=O) groups is 1. The fourth-order valence-electron chi connectivity index (χ4n) is 1.09. The molecule has 0 amide bonds. The van der Waals surface area contributed by atoms with Gasteiger partial charge in [0.05, 0.1) is 4.88 Å². The highest BCUT2D eigenvalue weighted by atomic mass is 32.2. The van der Waals surface area contributed by atoms with E-state index in [1.54, 1.807) is 18.0 Å². The average Bonchev–Trinajstić information content (AvgIpc) is 2.60. The van der Waals surface area contributed by atoms with Crippen LogP contribution in [0.5, 0.6) is 0 Å². The Morgan fingerprint density at radius 2 is 2.40 bits per heavy atom. The van der Waals surface area contributed by atoms with Crippen LogP contribution in [0.15, 0.2) is 17.4 Å². The first-order valence-corrected chi connectivity index (χ1v) is 5.98. The minimum atomic E-state index is 0. The van der Waals surface area contributed by atoms with Crippen LogP contribution in [0, 0.1) is 0 Å². The van der Waals surface area contributed by atoms with Crippen molar-refractivity contribution >= 4 is 39.6 Å². The molecule has 0 bridgehead atoms. The van der Waals surface area contributed by atoms with Crippen LogP contribution in [0.4, 0.5) is 0 Å². The fourth-order valence-corrected chi connectivity index (χ4v) is 2.51. The molecule has 0 aliphatic carbocycles. The van der Waals surface area contributed by atoms with Gasteiger partial charge in [-0.2, -0.15) is 0 Å². The van der Waals surface area contributed by atoms with Gasteiger partial charge < -0.3 is 0 Å². The van der Waals surface area contributed by atoms with E-state index >= 15 is 0 Å². The Morgan fingerprint density at radius 1 is 1.60 bits per heavy atom. The molecule has 0 spiro atoms. The number of fused-ring (bicyclic) bond motifs is 1. The third-order valence-corrected chi connectivity index (χ3v) is 3.37. The summed E-state index contributed by atoms with van der Waals surface area (Å²) in [4.78, 5) is 20.7. The molecule has 0 atom stereocenters. The SMILES string of the molecule is C.CCSc1ncc2cc(C=O)sc2n1.